The van der Waals surface area contributed by atoms with E-state index < -0.39 is 0 Å². The number of phenols is 1. The van der Waals surface area contributed by atoms with Gasteiger partial charge in [0, 0.05) is 24.2 Å². The average molecular weight is 311 g/mol. The van der Waals surface area contributed by atoms with E-state index in [1.165, 1.54) is 50.7 Å². The lowest BCUT2D eigenvalue weighted by Gasteiger charge is -2.16. The summed E-state index contributed by atoms with van der Waals surface area (Å²) in [6.45, 7) is 1.29. The second kappa shape index (κ2) is 8.25. The number of nitrogens with one attached hydrogen (secondary N) is 2. The Balaban J connectivity index is 1.72. The normalized spacial score (nSPS) is 16.4. The van der Waals surface area contributed by atoms with E-state index in [0.29, 0.717) is 17.6 Å². The molecule has 1 amide bonds. The summed E-state index contributed by atoms with van der Waals surface area (Å²) >= 11 is 5.84. The molecule has 0 unspecified atom stereocenters. The Morgan fingerprint density at radius 2 is 1.90 bits per heavy atom. The number of benzene rings is 1. The van der Waals surface area contributed by atoms with Crippen LogP contribution in [0.2, 0.25) is 5.02 Å². The standard InChI is InChI=1S/C16H23ClN2O2/c17-12-7-8-15(20)14(11-12)16(21)19-10-9-18-13-5-3-1-2-4-6-13/h7-8,11,13,18,20H,1-6,9-10H2,(H,19,21). The van der Waals surface area contributed by atoms with Gasteiger partial charge < -0.3 is 15.7 Å². The van der Waals surface area contributed by atoms with Crippen molar-refractivity contribution in [1.82, 2.24) is 10.6 Å². The van der Waals surface area contributed by atoms with Crippen LogP contribution in [0.4, 0.5) is 0 Å². The molecule has 1 aliphatic carbocycles. The van der Waals surface area contributed by atoms with E-state index in [1.807, 2.05) is 0 Å². The molecule has 116 valence electrons. The van der Waals surface area contributed by atoms with Gasteiger partial charge in [0.25, 0.3) is 5.91 Å². The molecule has 0 atom stereocenters. The molecule has 1 fully saturated rings. The van der Waals surface area contributed by atoms with Crippen molar-refractivity contribution in [2.24, 2.45) is 0 Å². The topological polar surface area (TPSA) is 61.4 Å². The van der Waals surface area contributed by atoms with Gasteiger partial charge in [-0.25, -0.2) is 0 Å². The van der Waals surface area contributed by atoms with Gasteiger partial charge >= 0.3 is 0 Å². The highest BCUT2D eigenvalue weighted by molar-refractivity contribution is 6.31. The highest BCUT2D eigenvalue weighted by Crippen LogP contribution is 2.21. The maximum atomic E-state index is 12.0. The van der Waals surface area contributed by atoms with Crippen molar-refractivity contribution in [2.75, 3.05) is 13.1 Å². The lowest BCUT2D eigenvalue weighted by Crippen LogP contribution is -2.36. The number of phenolic OH excluding ortho intramolecular Hbond substituents is 1. The van der Waals surface area contributed by atoms with Crippen molar-refractivity contribution >= 4 is 17.5 Å². The van der Waals surface area contributed by atoms with Gasteiger partial charge in [-0.05, 0) is 31.0 Å². The largest absolute Gasteiger partial charge is 0.507 e. The molecule has 2 rings (SSSR count). The van der Waals surface area contributed by atoms with Gasteiger partial charge in [-0.2, -0.15) is 0 Å². The second-order valence-corrected chi connectivity index (χ2v) is 6.00. The van der Waals surface area contributed by atoms with Crippen molar-refractivity contribution in [3.63, 3.8) is 0 Å². The molecule has 0 heterocycles. The number of amides is 1. The molecule has 1 aliphatic rings. The number of halogens is 1. The van der Waals surface area contributed by atoms with Crippen LogP contribution in [0.25, 0.3) is 0 Å². The molecule has 21 heavy (non-hydrogen) atoms. The summed E-state index contributed by atoms with van der Waals surface area (Å²) < 4.78 is 0. The average Bonchev–Trinajstić information content (AvgIpc) is 2.74. The minimum atomic E-state index is -0.294. The maximum Gasteiger partial charge on any atom is 0.255 e. The Kier molecular flexibility index (Phi) is 6.33. The second-order valence-electron chi connectivity index (χ2n) is 5.56. The summed E-state index contributed by atoms with van der Waals surface area (Å²) in [5.74, 6) is -0.341. The highest BCUT2D eigenvalue weighted by Gasteiger charge is 2.13. The third kappa shape index (κ3) is 5.21. The zero-order valence-electron chi connectivity index (χ0n) is 12.2. The molecule has 1 aromatic rings. The number of rotatable bonds is 5. The van der Waals surface area contributed by atoms with Crippen LogP contribution >= 0.6 is 11.6 Å². The molecule has 0 aliphatic heterocycles. The summed E-state index contributed by atoms with van der Waals surface area (Å²) in [6.07, 6.45) is 7.71. The molecule has 0 spiro atoms. The van der Waals surface area contributed by atoms with E-state index >= 15 is 0 Å². The van der Waals surface area contributed by atoms with E-state index in [9.17, 15) is 9.90 Å². The predicted octanol–water partition coefficient (Wildman–Crippen LogP) is 3.09. The van der Waals surface area contributed by atoms with Crippen LogP contribution in [0.15, 0.2) is 18.2 Å². The van der Waals surface area contributed by atoms with E-state index in [4.69, 9.17) is 11.6 Å². The molecular formula is C16H23ClN2O2. The van der Waals surface area contributed by atoms with Crippen LogP contribution in [0.3, 0.4) is 0 Å². The van der Waals surface area contributed by atoms with E-state index in [2.05, 4.69) is 10.6 Å². The van der Waals surface area contributed by atoms with Crippen molar-refractivity contribution in [2.45, 2.75) is 44.6 Å². The zero-order chi connectivity index (χ0) is 15.1. The molecule has 1 aromatic carbocycles. The smallest absolute Gasteiger partial charge is 0.255 e. The monoisotopic (exact) mass is 310 g/mol. The first-order valence-corrected chi connectivity index (χ1v) is 8.04. The van der Waals surface area contributed by atoms with Crippen LogP contribution in [-0.4, -0.2) is 30.1 Å². The fourth-order valence-corrected chi connectivity index (χ4v) is 2.89. The lowest BCUT2D eigenvalue weighted by atomic mass is 10.1. The van der Waals surface area contributed by atoms with E-state index in [1.54, 1.807) is 6.07 Å². The number of hydrogen-bond donors (Lipinski definition) is 3. The molecule has 0 bridgehead atoms. The van der Waals surface area contributed by atoms with Crippen molar-refractivity contribution in [1.29, 1.82) is 0 Å². The summed E-state index contributed by atoms with van der Waals surface area (Å²) in [7, 11) is 0. The van der Waals surface area contributed by atoms with Gasteiger partial charge in [0.1, 0.15) is 5.75 Å². The van der Waals surface area contributed by atoms with Crippen LogP contribution in [-0.2, 0) is 0 Å². The summed E-state index contributed by atoms with van der Waals surface area (Å²) in [5, 5.41) is 16.4. The number of aromatic hydroxyl groups is 1. The highest BCUT2D eigenvalue weighted by atomic mass is 35.5. The number of carbonyl (C=O) groups is 1. The van der Waals surface area contributed by atoms with Gasteiger partial charge in [-0.1, -0.05) is 37.3 Å². The Labute approximate surface area is 130 Å². The molecule has 0 aromatic heterocycles. The fourth-order valence-electron chi connectivity index (χ4n) is 2.72. The molecular weight excluding hydrogens is 288 g/mol. The summed E-state index contributed by atoms with van der Waals surface area (Å²) in [5.41, 5.74) is 0.219. The molecule has 4 nitrogen and oxygen atoms in total. The first-order valence-electron chi connectivity index (χ1n) is 7.67. The van der Waals surface area contributed by atoms with Crippen molar-refractivity contribution in [3.8, 4) is 5.75 Å². The van der Waals surface area contributed by atoms with E-state index in [0.717, 1.165) is 6.54 Å². The lowest BCUT2D eigenvalue weighted by molar-refractivity contribution is 0.0951. The molecule has 0 radical (unpaired) electrons. The van der Waals surface area contributed by atoms with Crippen molar-refractivity contribution < 1.29 is 9.90 Å². The Hall–Kier alpha value is -1.26. The van der Waals surface area contributed by atoms with Gasteiger partial charge in [-0.3, -0.25) is 4.79 Å². The van der Waals surface area contributed by atoms with E-state index in [-0.39, 0.29) is 17.2 Å². The Morgan fingerprint density at radius 3 is 2.62 bits per heavy atom. The molecule has 1 saturated carbocycles. The minimum Gasteiger partial charge on any atom is -0.507 e. The number of hydrogen-bond acceptors (Lipinski definition) is 3. The van der Waals surface area contributed by atoms with Gasteiger partial charge in [0.15, 0.2) is 0 Å². The molecule has 0 saturated heterocycles. The third-order valence-corrected chi connectivity index (χ3v) is 4.14. The third-order valence-electron chi connectivity index (χ3n) is 3.90. The Morgan fingerprint density at radius 1 is 1.19 bits per heavy atom. The van der Waals surface area contributed by atoms with Crippen LogP contribution < -0.4 is 10.6 Å². The maximum absolute atomic E-state index is 12.0. The van der Waals surface area contributed by atoms with Gasteiger partial charge in [-0.15, -0.1) is 0 Å². The predicted molar refractivity (Wildman–Crippen MR) is 84.9 cm³/mol. The SMILES string of the molecule is O=C(NCCNC1CCCCCC1)c1cc(Cl)ccc1O. The van der Waals surface area contributed by atoms with Gasteiger partial charge in [0.05, 0.1) is 5.56 Å². The van der Waals surface area contributed by atoms with Crippen molar-refractivity contribution in [3.05, 3.63) is 28.8 Å². The minimum absolute atomic E-state index is 0.0476. The molecule has 3 N–H and O–H groups in total. The molecule has 5 heteroatoms. The summed E-state index contributed by atoms with van der Waals surface area (Å²) in [6, 6.07) is 5.04. The van der Waals surface area contributed by atoms with Gasteiger partial charge in [0.2, 0.25) is 0 Å². The quantitative estimate of drug-likeness (QED) is 0.578. The fraction of sp³-hybridized carbons (Fsp3) is 0.562. The Bertz CT molecular complexity index is 471. The first kappa shape index (κ1) is 16.1. The zero-order valence-corrected chi connectivity index (χ0v) is 13.0. The number of carbonyl (C=O) groups excluding carboxylic acids is 1. The van der Waals surface area contributed by atoms with Crippen LogP contribution in [0, 0.1) is 0 Å². The summed E-state index contributed by atoms with van der Waals surface area (Å²) in [4.78, 5) is 12.0. The van der Waals surface area contributed by atoms with Crippen LogP contribution in [0.1, 0.15) is 48.9 Å². The first-order chi connectivity index (χ1) is 10.2. The van der Waals surface area contributed by atoms with Crippen LogP contribution in [0.5, 0.6) is 5.75 Å².